The maximum Gasteiger partial charge on any atom is 0.0572 e. The molecule has 0 saturated heterocycles. The molecule has 2 atom stereocenters. The lowest BCUT2D eigenvalue weighted by molar-refractivity contribution is 0.149. The number of aliphatic hydroxyl groups excluding tert-OH is 1. The molecule has 3 N–H and O–H groups in total. The topological polar surface area (TPSA) is 49.5 Å². The first-order valence-electron chi connectivity index (χ1n) is 4.79. The van der Waals surface area contributed by atoms with Crippen molar-refractivity contribution in [2.45, 2.75) is 45.9 Å². The van der Waals surface area contributed by atoms with E-state index in [0.29, 0.717) is 0 Å². The molecule has 0 saturated carbocycles. The number of aliphatic hydroxyl groups is 1. The average molecular weight is 174 g/mol. The monoisotopic (exact) mass is 174 g/mol. The zero-order valence-corrected chi connectivity index (χ0v) is 8.45. The van der Waals surface area contributed by atoms with Crippen molar-refractivity contribution in [1.29, 1.82) is 0 Å². The Hall–Kier alpha value is -0.120. The van der Waals surface area contributed by atoms with Crippen LogP contribution in [-0.4, -0.2) is 35.4 Å². The van der Waals surface area contributed by atoms with E-state index in [1.54, 1.807) is 6.92 Å². The predicted molar refractivity (Wildman–Crippen MR) is 51.8 cm³/mol. The van der Waals surface area contributed by atoms with Crippen molar-refractivity contribution in [3.63, 3.8) is 0 Å². The van der Waals surface area contributed by atoms with E-state index in [1.807, 2.05) is 0 Å². The van der Waals surface area contributed by atoms with Crippen molar-refractivity contribution in [3.05, 3.63) is 0 Å². The number of nitrogens with two attached hydrogens (primary N) is 1. The highest BCUT2D eigenvalue weighted by molar-refractivity contribution is 4.64. The fourth-order valence-electron chi connectivity index (χ4n) is 1.29. The van der Waals surface area contributed by atoms with E-state index in [4.69, 9.17) is 10.8 Å². The van der Waals surface area contributed by atoms with E-state index in [0.717, 1.165) is 25.9 Å². The third-order valence-electron chi connectivity index (χ3n) is 2.16. The molecule has 0 aliphatic rings. The molecule has 0 heterocycles. The Bertz CT molecular complexity index is 103. The van der Waals surface area contributed by atoms with Gasteiger partial charge in [0.15, 0.2) is 0 Å². The zero-order valence-electron chi connectivity index (χ0n) is 8.45. The van der Waals surface area contributed by atoms with Gasteiger partial charge >= 0.3 is 0 Å². The molecule has 0 aromatic rings. The molecule has 0 aromatic heterocycles. The highest BCUT2D eigenvalue weighted by Gasteiger charge is 2.10. The molecule has 0 aliphatic heterocycles. The summed E-state index contributed by atoms with van der Waals surface area (Å²) in [4.78, 5) is 2.20. The normalized spacial score (nSPS) is 16.5. The molecule has 0 fully saturated rings. The van der Waals surface area contributed by atoms with Crippen molar-refractivity contribution < 1.29 is 5.11 Å². The van der Waals surface area contributed by atoms with Gasteiger partial charge in [0, 0.05) is 0 Å². The highest BCUT2D eigenvalue weighted by atomic mass is 16.3. The van der Waals surface area contributed by atoms with Crippen LogP contribution in [-0.2, 0) is 0 Å². The first-order valence-corrected chi connectivity index (χ1v) is 4.79. The van der Waals surface area contributed by atoms with Gasteiger partial charge in [-0.15, -0.1) is 0 Å². The standard InChI is InChI=1S/C9H22N2O/c1-4-11(5-2)9(10)7-6-8(3)12/h8-9,12H,4-7,10H2,1-3H3. The van der Waals surface area contributed by atoms with Gasteiger partial charge in [-0.2, -0.15) is 0 Å². The minimum Gasteiger partial charge on any atom is -0.393 e. The molecule has 0 bridgehead atoms. The van der Waals surface area contributed by atoms with Crippen molar-refractivity contribution in [1.82, 2.24) is 4.90 Å². The van der Waals surface area contributed by atoms with Crippen LogP contribution in [0.2, 0.25) is 0 Å². The summed E-state index contributed by atoms with van der Waals surface area (Å²) in [6, 6.07) is 0. The van der Waals surface area contributed by atoms with E-state index in [9.17, 15) is 0 Å². The average Bonchev–Trinajstić information content (AvgIpc) is 2.03. The summed E-state index contributed by atoms with van der Waals surface area (Å²) in [6.45, 7) is 7.97. The van der Waals surface area contributed by atoms with Gasteiger partial charge in [0.1, 0.15) is 0 Å². The van der Waals surface area contributed by atoms with Crippen molar-refractivity contribution >= 4 is 0 Å². The summed E-state index contributed by atoms with van der Waals surface area (Å²) >= 11 is 0. The first-order chi connectivity index (χ1) is 5.61. The van der Waals surface area contributed by atoms with E-state index >= 15 is 0 Å². The van der Waals surface area contributed by atoms with Crippen LogP contribution in [0.3, 0.4) is 0 Å². The third-order valence-corrected chi connectivity index (χ3v) is 2.16. The summed E-state index contributed by atoms with van der Waals surface area (Å²) in [5, 5.41) is 9.05. The van der Waals surface area contributed by atoms with E-state index < -0.39 is 0 Å². The Kier molecular flexibility index (Phi) is 6.34. The predicted octanol–water partition coefficient (Wildman–Crippen LogP) is 0.774. The maximum absolute atomic E-state index is 9.05. The van der Waals surface area contributed by atoms with Crippen LogP contribution in [0.15, 0.2) is 0 Å². The molecule has 0 amide bonds. The van der Waals surface area contributed by atoms with Crippen LogP contribution >= 0.6 is 0 Å². The van der Waals surface area contributed by atoms with E-state index in [-0.39, 0.29) is 12.3 Å². The summed E-state index contributed by atoms with van der Waals surface area (Å²) in [5.74, 6) is 0. The minimum absolute atomic E-state index is 0.106. The van der Waals surface area contributed by atoms with E-state index in [1.165, 1.54) is 0 Å². The Labute approximate surface area is 75.6 Å². The summed E-state index contributed by atoms with van der Waals surface area (Å²) in [6.07, 6.45) is 1.54. The largest absolute Gasteiger partial charge is 0.393 e. The molecular formula is C9H22N2O. The minimum atomic E-state index is -0.230. The van der Waals surface area contributed by atoms with Gasteiger partial charge in [-0.1, -0.05) is 13.8 Å². The Morgan fingerprint density at radius 2 is 1.75 bits per heavy atom. The lowest BCUT2D eigenvalue weighted by Gasteiger charge is -2.26. The van der Waals surface area contributed by atoms with Gasteiger partial charge in [-0.3, -0.25) is 4.90 Å². The van der Waals surface area contributed by atoms with Gasteiger partial charge < -0.3 is 10.8 Å². The molecule has 0 radical (unpaired) electrons. The Balaban J connectivity index is 3.61. The zero-order chi connectivity index (χ0) is 9.56. The maximum atomic E-state index is 9.05. The van der Waals surface area contributed by atoms with Crippen molar-refractivity contribution in [3.8, 4) is 0 Å². The van der Waals surface area contributed by atoms with Crippen molar-refractivity contribution in [2.24, 2.45) is 5.73 Å². The molecular weight excluding hydrogens is 152 g/mol. The summed E-state index contributed by atoms with van der Waals surface area (Å²) in [5.41, 5.74) is 5.90. The van der Waals surface area contributed by atoms with Crippen LogP contribution in [0, 0.1) is 0 Å². The fraction of sp³-hybridized carbons (Fsp3) is 1.00. The SMILES string of the molecule is CCN(CC)C(N)CCC(C)O. The first kappa shape index (κ1) is 11.9. The van der Waals surface area contributed by atoms with Gasteiger partial charge in [0.2, 0.25) is 0 Å². The van der Waals surface area contributed by atoms with Crippen molar-refractivity contribution in [2.75, 3.05) is 13.1 Å². The quantitative estimate of drug-likeness (QED) is 0.585. The van der Waals surface area contributed by atoms with Crippen LogP contribution in [0.5, 0.6) is 0 Å². The third kappa shape index (κ3) is 4.70. The van der Waals surface area contributed by atoms with Crippen LogP contribution in [0.4, 0.5) is 0 Å². The van der Waals surface area contributed by atoms with Crippen LogP contribution < -0.4 is 5.73 Å². The van der Waals surface area contributed by atoms with Crippen LogP contribution in [0.1, 0.15) is 33.6 Å². The second-order valence-electron chi connectivity index (χ2n) is 3.21. The van der Waals surface area contributed by atoms with Gasteiger partial charge in [-0.25, -0.2) is 0 Å². The fourth-order valence-corrected chi connectivity index (χ4v) is 1.29. The lowest BCUT2D eigenvalue weighted by Crippen LogP contribution is -2.42. The van der Waals surface area contributed by atoms with Crippen LogP contribution in [0.25, 0.3) is 0 Å². The number of hydrogen-bond donors (Lipinski definition) is 2. The molecule has 0 rings (SSSR count). The second kappa shape index (κ2) is 6.40. The molecule has 12 heavy (non-hydrogen) atoms. The second-order valence-corrected chi connectivity index (χ2v) is 3.21. The smallest absolute Gasteiger partial charge is 0.0572 e. The molecule has 3 heteroatoms. The van der Waals surface area contributed by atoms with Gasteiger partial charge in [-0.05, 0) is 32.9 Å². The molecule has 3 nitrogen and oxygen atoms in total. The van der Waals surface area contributed by atoms with Gasteiger partial charge in [0.25, 0.3) is 0 Å². The number of rotatable bonds is 6. The lowest BCUT2D eigenvalue weighted by atomic mass is 10.2. The highest BCUT2D eigenvalue weighted by Crippen LogP contribution is 2.03. The molecule has 74 valence electrons. The Morgan fingerprint density at radius 1 is 1.25 bits per heavy atom. The number of hydrogen-bond acceptors (Lipinski definition) is 3. The summed E-state index contributed by atoms with van der Waals surface area (Å²) in [7, 11) is 0. The van der Waals surface area contributed by atoms with Gasteiger partial charge in [0.05, 0.1) is 12.3 Å². The Morgan fingerprint density at radius 3 is 2.08 bits per heavy atom. The molecule has 0 spiro atoms. The number of nitrogens with zero attached hydrogens (tertiary/aromatic N) is 1. The molecule has 2 unspecified atom stereocenters. The molecule has 0 aromatic carbocycles. The summed E-state index contributed by atoms with van der Waals surface area (Å²) < 4.78 is 0. The van der Waals surface area contributed by atoms with E-state index in [2.05, 4.69) is 18.7 Å². The molecule has 0 aliphatic carbocycles.